The fourth-order valence-electron chi connectivity index (χ4n) is 0.902. The van der Waals surface area contributed by atoms with Crippen molar-refractivity contribution in [3.8, 4) is 0 Å². The van der Waals surface area contributed by atoms with Crippen molar-refractivity contribution in [2.45, 2.75) is 11.1 Å². The molecule has 88 valence electrons. The van der Waals surface area contributed by atoms with Crippen LogP contribution in [0.4, 0.5) is 0 Å². The molecule has 16 heavy (non-hydrogen) atoms. The zero-order valence-corrected chi connectivity index (χ0v) is 9.13. The molecule has 0 radical (unpaired) electrons. The van der Waals surface area contributed by atoms with Crippen LogP contribution in [0.1, 0.15) is 5.56 Å². The van der Waals surface area contributed by atoms with Crippen LogP contribution in [0.15, 0.2) is 22.4 Å². The van der Waals surface area contributed by atoms with Gasteiger partial charge < -0.3 is 21.2 Å². The molecule has 1 heterocycles. The van der Waals surface area contributed by atoms with E-state index < -0.39 is 6.10 Å². The molecule has 1 aromatic rings. The highest BCUT2D eigenvalue weighted by molar-refractivity contribution is 7.99. The van der Waals surface area contributed by atoms with Crippen molar-refractivity contribution >= 4 is 17.6 Å². The van der Waals surface area contributed by atoms with Crippen molar-refractivity contribution in [1.82, 2.24) is 10.2 Å². The van der Waals surface area contributed by atoms with E-state index in [1.807, 2.05) is 0 Å². The van der Waals surface area contributed by atoms with E-state index in [2.05, 4.69) is 15.4 Å². The van der Waals surface area contributed by atoms with E-state index in [0.29, 0.717) is 10.6 Å². The Kier molecular flexibility index (Phi) is 4.96. The van der Waals surface area contributed by atoms with Crippen LogP contribution in [0.3, 0.4) is 0 Å². The molecule has 0 aliphatic carbocycles. The number of aromatic nitrogens is 2. The summed E-state index contributed by atoms with van der Waals surface area (Å²) in [6.45, 7) is -0.327. The summed E-state index contributed by atoms with van der Waals surface area (Å²) < 4.78 is 0. The predicted molar refractivity (Wildman–Crippen MR) is 58.4 cm³/mol. The molecule has 0 saturated carbocycles. The molecule has 1 atom stereocenters. The second-order valence-electron chi connectivity index (χ2n) is 2.88. The third kappa shape index (κ3) is 3.33. The summed E-state index contributed by atoms with van der Waals surface area (Å²) in [5.74, 6) is 0.178. The molecule has 5 N–H and O–H groups in total. The van der Waals surface area contributed by atoms with Crippen LogP contribution < -0.4 is 5.73 Å². The van der Waals surface area contributed by atoms with Crippen LogP contribution in [0.5, 0.6) is 0 Å². The number of hydrogen-bond donors (Lipinski definition) is 4. The van der Waals surface area contributed by atoms with Gasteiger partial charge in [0.2, 0.25) is 0 Å². The third-order valence-electron chi connectivity index (χ3n) is 1.69. The van der Waals surface area contributed by atoms with Crippen LogP contribution in [0.2, 0.25) is 0 Å². The first kappa shape index (κ1) is 12.7. The number of thioether (sulfide) groups is 1. The standard InChI is InChI=1S/C8H12N4O3S/c9-7(12-15)6-1-2-10-11-8(6)16-4-5(14)3-13/h1-2,5,13-15H,3-4H2,(H2,9,12). The van der Waals surface area contributed by atoms with E-state index in [1.165, 1.54) is 18.0 Å². The van der Waals surface area contributed by atoms with Gasteiger partial charge in [-0.15, -0.1) is 16.9 Å². The number of hydrogen-bond acceptors (Lipinski definition) is 7. The lowest BCUT2D eigenvalue weighted by Crippen LogP contribution is -2.18. The summed E-state index contributed by atoms with van der Waals surface area (Å²) >= 11 is 1.17. The van der Waals surface area contributed by atoms with Gasteiger partial charge in [0.15, 0.2) is 5.84 Å². The van der Waals surface area contributed by atoms with Gasteiger partial charge >= 0.3 is 0 Å². The summed E-state index contributed by atoms with van der Waals surface area (Å²) in [6, 6.07) is 1.55. The minimum Gasteiger partial charge on any atom is -0.409 e. The molecule has 1 rings (SSSR count). The molecule has 1 unspecified atom stereocenters. The Morgan fingerprint density at radius 2 is 2.38 bits per heavy atom. The van der Waals surface area contributed by atoms with Gasteiger partial charge in [0.05, 0.1) is 24.5 Å². The Morgan fingerprint density at radius 1 is 1.62 bits per heavy atom. The number of nitrogens with two attached hydrogens (primary N) is 1. The molecule has 0 aliphatic rings. The maximum Gasteiger partial charge on any atom is 0.172 e. The van der Waals surface area contributed by atoms with Crippen LogP contribution >= 0.6 is 11.8 Å². The van der Waals surface area contributed by atoms with E-state index in [-0.39, 0.29) is 18.2 Å². The summed E-state index contributed by atoms with van der Waals surface area (Å²) in [7, 11) is 0. The normalized spacial score (nSPS) is 13.8. The van der Waals surface area contributed by atoms with Gasteiger partial charge in [0, 0.05) is 5.75 Å². The number of aliphatic hydroxyl groups is 2. The molecule has 0 spiro atoms. The van der Waals surface area contributed by atoms with Gasteiger partial charge in [-0.05, 0) is 6.07 Å². The molecule has 0 amide bonds. The Hall–Kier alpha value is -1.38. The van der Waals surface area contributed by atoms with Crippen molar-refractivity contribution in [1.29, 1.82) is 0 Å². The highest BCUT2D eigenvalue weighted by atomic mass is 32.2. The summed E-state index contributed by atoms with van der Waals surface area (Å²) in [4.78, 5) is 0. The van der Waals surface area contributed by atoms with Crippen molar-refractivity contribution in [3.63, 3.8) is 0 Å². The van der Waals surface area contributed by atoms with E-state index in [4.69, 9.17) is 16.0 Å². The van der Waals surface area contributed by atoms with Crippen LogP contribution in [0, 0.1) is 0 Å². The Balaban J connectivity index is 2.79. The van der Waals surface area contributed by atoms with Crippen molar-refractivity contribution < 1.29 is 15.4 Å². The molecular weight excluding hydrogens is 232 g/mol. The molecule has 0 bridgehead atoms. The fraction of sp³-hybridized carbons (Fsp3) is 0.375. The van der Waals surface area contributed by atoms with Gasteiger partial charge in [-0.3, -0.25) is 0 Å². The smallest absolute Gasteiger partial charge is 0.172 e. The number of rotatable bonds is 5. The lowest BCUT2D eigenvalue weighted by Gasteiger charge is -2.08. The van der Waals surface area contributed by atoms with Gasteiger partial charge in [-0.1, -0.05) is 5.16 Å². The average Bonchev–Trinajstić information content (AvgIpc) is 2.35. The first-order chi connectivity index (χ1) is 7.69. The fourth-order valence-corrected chi connectivity index (χ4v) is 1.79. The average molecular weight is 244 g/mol. The molecule has 1 aromatic heterocycles. The summed E-state index contributed by atoms with van der Waals surface area (Å²) in [5, 5.41) is 37.1. The summed E-state index contributed by atoms with van der Waals surface area (Å²) in [6.07, 6.45) is 0.576. The van der Waals surface area contributed by atoms with E-state index in [9.17, 15) is 5.11 Å². The SMILES string of the molecule is N/C(=N/O)c1ccnnc1SCC(O)CO. The van der Waals surface area contributed by atoms with Gasteiger partial charge in [0.25, 0.3) is 0 Å². The van der Waals surface area contributed by atoms with Gasteiger partial charge in [0.1, 0.15) is 5.03 Å². The lowest BCUT2D eigenvalue weighted by molar-refractivity contribution is 0.113. The second-order valence-corrected chi connectivity index (χ2v) is 3.89. The van der Waals surface area contributed by atoms with E-state index in [0.717, 1.165) is 0 Å². The zero-order chi connectivity index (χ0) is 12.0. The molecule has 0 aliphatic heterocycles. The number of amidine groups is 1. The lowest BCUT2D eigenvalue weighted by atomic mass is 10.3. The van der Waals surface area contributed by atoms with Crippen LogP contribution in [-0.2, 0) is 0 Å². The summed E-state index contributed by atoms with van der Waals surface area (Å²) in [5.41, 5.74) is 5.88. The van der Waals surface area contributed by atoms with Crippen molar-refractivity contribution in [2.24, 2.45) is 10.9 Å². The quantitative estimate of drug-likeness (QED) is 0.172. The monoisotopic (exact) mass is 244 g/mol. The Bertz CT molecular complexity index is 374. The molecular formula is C8H12N4O3S. The topological polar surface area (TPSA) is 125 Å². The number of nitrogens with zero attached hydrogens (tertiary/aromatic N) is 3. The number of oxime groups is 1. The molecule has 0 fully saturated rings. The Labute approximate surface area is 96.0 Å². The minimum atomic E-state index is -0.841. The van der Waals surface area contributed by atoms with Crippen LogP contribution in [0.25, 0.3) is 0 Å². The molecule has 8 heteroatoms. The van der Waals surface area contributed by atoms with Crippen molar-refractivity contribution in [3.05, 3.63) is 17.8 Å². The zero-order valence-electron chi connectivity index (χ0n) is 8.32. The van der Waals surface area contributed by atoms with Crippen LogP contribution in [-0.4, -0.2) is 49.9 Å². The predicted octanol–water partition coefficient (Wildman–Crippen LogP) is -0.984. The third-order valence-corrected chi connectivity index (χ3v) is 2.82. The number of aliphatic hydroxyl groups excluding tert-OH is 2. The largest absolute Gasteiger partial charge is 0.409 e. The first-order valence-corrected chi connectivity index (χ1v) is 5.39. The maximum absolute atomic E-state index is 9.18. The van der Waals surface area contributed by atoms with E-state index >= 15 is 0 Å². The second kappa shape index (κ2) is 6.26. The Morgan fingerprint density at radius 3 is 3.00 bits per heavy atom. The van der Waals surface area contributed by atoms with Gasteiger partial charge in [-0.2, -0.15) is 5.10 Å². The highest BCUT2D eigenvalue weighted by Crippen LogP contribution is 2.19. The molecule has 0 aromatic carbocycles. The maximum atomic E-state index is 9.18. The highest BCUT2D eigenvalue weighted by Gasteiger charge is 2.11. The molecule has 0 saturated heterocycles. The first-order valence-electron chi connectivity index (χ1n) is 4.40. The minimum absolute atomic E-state index is 0.0733. The van der Waals surface area contributed by atoms with Gasteiger partial charge in [-0.25, -0.2) is 0 Å². The van der Waals surface area contributed by atoms with Crippen molar-refractivity contribution in [2.75, 3.05) is 12.4 Å². The molecule has 7 nitrogen and oxygen atoms in total. The van der Waals surface area contributed by atoms with E-state index in [1.54, 1.807) is 6.07 Å².